The first-order valence-corrected chi connectivity index (χ1v) is 10.5. The number of nitrogens with one attached hydrogen (secondary N) is 1. The van der Waals surface area contributed by atoms with E-state index < -0.39 is 10.0 Å². The van der Waals surface area contributed by atoms with Crippen molar-refractivity contribution in [3.05, 3.63) is 29.8 Å². The highest BCUT2D eigenvalue weighted by Crippen LogP contribution is 2.49. The Hall–Kier alpha value is -1.56. The van der Waals surface area contributed by atoms with Crippen molar-refractivity contribution in [1.82, 2.24) is 5.32 Å². The quantitative estimate of drug-likeness (QED) is 0.888. The number of fused-ring (bicyclic) bond motifs is 2. The van der Waals surface area contributed by atoms with Gasteiger partial charge in [0.15, 0.2) is 0 Å². The Morgan fingerprint density at radius 3 is 2.54 bits per heavy atom. The van der Waals surface area contributed by atoms with Crippen LogP contribution in [0, 0.1) is 17.8 Å². The molecule has 132 valence electrons. The molecule has 24 heavy (non-hydrogen) atoms. The monoisotopic (exact) mass is 350 g/mol. The average Bonchev–Trinajstić information content (AvgIpc) is 3.16. The predicted octanol–water partition coefficient (Wildman–Crippen LogP) is 2.64. The van der Waals surface area contributed by atoms with Gasteiger partial charge in [-0.3, -0.25) is 9.10 Å². The lowest BCUT2D eigenvalue weighted by Crippen LogP contribution is -2.40. The maximum absolute atomic E-state index is 12.7. The fraction of sp³-hybridized carbons (Fsp3) is 0.611. The number of anilines is 1. The number of amides is 1. The summed E-state index contributed by atoms with van der Waals surface area (Å²) >= 11 is 0. The molecular formula is C18H26N2O3S. The summed E-state index contributed by atoms with van der Waals surface area (Å²) < 4.78 is 24.8. The van der Waals surface area contributed by atoms with Crippen molar-refractivity contribution in [3.8, 4) is 0 Å². The number of hydrogen-bond acceptors (Lipinski definition) is 3. The summed E-state index contributed by atoms with van der Waals surface area (Å²) in [5.41, 5.74) is 0.818. The Balaban J connectivity index is 1.76. The summed E-state index contributed by atoms with van der Waals surface area (Å²) in [6.45, 7) is 2.08. The van der Waals surface area contributed by atoms with Crippen LogP contribution in [0.5, 0.6) is 0 Å². The second-order valence-electron chi connectivity index (χ2n) is 7.35. The van der Waals surface area contributed by atoms with E-state index in [1.807, 2.05) is 0 Å². The Morgan fingerprint density at radius 2 is 1.96 bits per heavy atom. The molecule has 6 heteroatoms. The maximum atomic E-state index is 12.7. The molecule has 0 aromatic heterocycles. The fourth-order valence-corrected chi connectivity index (χ4v) is 4.93. The summed E-state index contributed by atoms with van der Waals surface area (Å²) in [4.78, 5) is 12.7. The molecule has 1 amide bonds. The minimum atomic E-state index is -3.41. The molecule has 0 spiro atoms. The zero-order valence-electron chi connectivity index (χ0n) is 14.5. The Kier molecular flexibility index (Phi) is 4.60. The molecule has 3 rings (SSSR count). The van der Waals surface area contributed by atoms with Gasteiger partial charge < -0.3 is 5.32 Å². The number of rotatable bonds is 5. The Bertz CT molecular complexity index is 732. The first-order valence-electron chi connectivity index (χ1n) is 8.61. The summed E-state index contributed by atoms with van der Waals surface area (Å²) in [5, 5.41) is 3.11. The molecule has 0 heterocycles. The molecule has 5 nitrogen and oxygen atoms in total. The van der Waals surface area contributed by atoms with Gasteiger partial charge in [-0.25, -0.2) is 8.42 Å². The predicted molar refractivity (Wildman–Crippen MR) is 95.6 cm³/mol. The van der Waals surface area contributed by atoms with Gasteiger partial charge in [0.1, 0.15) is 0 Å². The van der Waals surface area contributed by atoms with Crippen LogP contribution in [-0.2, 0) is 10.0 Å². The molecule has 2 saturated carbocycles. The second kappa shape index (κ2) is 6.39. The van der Waals surface area contributed by atoms with Gasteiger partial charge in [-0.2, -0.15) is 0 Å². The van der Waals surface area contributed by atoms with E-state index in [9.17, 15) is 13.2 Å². The van der Waals surface area contributed by atoms with Crippen molar-refractivity contribution < 1.29 is 13.2 Å². The van der Waals surface area contributed by atoms with E-state index in [2.05, 4.69) is 12.2 Å². The van der Waals surface area contributed by atoms with E-state index in [-0.39, 0.29) is 11.9 Å². The van der Waals surface area contributed by atoms with Crippen LogP contribution in [-0.4, -0.2) is 33.7 Å². The number of benzene rings is 1. The molecule has 0 saturated heterocycles. The summed E-state index contributed by atoms with van der Waals surface area (Å²) in [6, 6.07) is 6.96. The molecule has 4 atom stereocenters. The molecule has 1 aromatic carbocycles. The number of carbonyl (C=O) groups is 1. The Labute approximate surface area is 144 Å². The van der Waals surface area contributed by atoms with Gasteiger partial charge in [0, 0.05) is 13.1 Å². The third-order valence-electron chi connectivity index (χ3n) is 5.78. The molecule has 2 fully saturated rings. The van der Waals surface area contributed by atoms with E-state index in [1.54, 1.807) is 24.3 Å². The number of para-hydroxylation sites is 1. The van der Waals surface area contributed by atoms with Crippen molar-refractivity contribution in [2.75, 3.05) is 17.6 Å². The van der Waals surface area contributed by atoms with Crippen molar-refractivity contribution in [2.24, 2.45) is 17.8 Å². The molecule has 0 unspecified atom stereocenters. The lowest BCUT2D eigenvalue weighted by molar-refractivity contribution is 0.0916. The smallest absolute Gasteiger partial charge is 0.253 e. The highest BCUT2D eigenvalue weighted by atomic mass is 32.2. The third kappa shape index (κ3) is 3.29. The van der Waals surface area contributed by atoms with Crippen LogP contribution < -0.4 is 9.62 Å². The van der Waals surface area contributed by atoms with Gasteiger partial charge in [0.05, 0.1) is 17.5 Å². The van der Waals surface area contributed by atoms with Crippen molar-refractivity contribution in [1.29, 1.82) is 0 Å². The minimum absolute atomic E-state index is 0.115. The SMILES string of the molecule is C[C@@H](NC(=O)c1ccccc1N(C)S(C)(=O)=O)[C@H]1C[C@H]2CC[C@H]1C2. The number of hydrogen-bond donors (Lipinski definition) is 1. The largest absolute Gasteiger partial charge is 0.349 e. The lowest BCUT2D eigenvalue weighted by atomic mass is 9.84. The van der Waals surface area contributed by atoms with Crippen LogP contribution in [0.4, 0.5) is 5.69 Å². The standard InChI is InChI=1S/C18H26N2O3S/c1-12(16-11-13-8-9-14(16)10-13)19-18(21)15-6-4-5-7-17(15)20(2)24(3,22)23/h4-7,12-14,16H,8-11H2,1-3H3,(H,19,21)/t12-,13+,14+,16-/m1/s1. The topological polar surface area (TPSA) is 66.5 Å². The molecular weight excluding hydrogens is 324 g/mol. The van der Waals surface area contributed by atoms with Crippen molar-refractivity contribution in [3.63, 3.8) is 0 Å². The van der Waals surface area contributed by atoms with Gasteiger partial charge in [-0.15, -0.1) is 0 Å². The zero-order valence-corrected chi connectivity index (χ0v) is 15.3. The number of sulfonamides is 1. The van der Waals surface area contributed by atoms with Crippen LogP contribution in [0.15, 0.2) is 24.3 Å². The Morgan fingerprint density at radius 1 is 1.25 bits per heavy atom. The van der Waals surface area contributed by atoms with Gasteiger partial charge in [-0.1, -0.05) is 18.6 Å². The van der Waals surface area contributed by atoms with E-state index in [0.717, 1.165) is 22.4 Å². The van der Waals surface area contributed by atoms with Gasteiger partial charge >= 0.3 is 0 Å². The zero-order chi connectivity index (χ0) is 17.5. The van der Waals surface area contributed by atoms with Crippen LogP contribution in [0.1, 0.15) is 43.0 Å². The van der Waals surface area contributed by atoms with Crippen LogP contribution in [0.2, 0.25) is 0 Å². The fourth-order valence-electron chi connectivity index (χ4n) is 4.42. The average molecular weight is 350 g/mol. The van der Waals surface area contributed by atoms with Gasteiger partial charge in [0.25, 0.3) is 5.91 Å². The molecule has 0 aliphatic heterocycles. The van der Waals surface area contributed by atoms with E-state index in [4.69, 9.17) is 0 Å². The first kappa shape index (κ1) is 17.3. The van der Waals surface area contributed by atoms with Crippen LogP contribution >= 0.6 is 0 Å². The highest BCUT2D eigenvalue weighted by Gasteiger charge is 2.42. The molecule has 2 aliphatic rings. The number of carbonyl (C=O) groups excluding carboxylic acids is 1. The molecule has 0 radical (unpaired) electrons. The van der Waals surface area contributed by atoms with Crippen molar-refractivity contribution >= 4 is 21.6 Å². The molecule has 1 N–H and O–H groups in total. The van der Waals surface area contributed by atoms with Crippen LogP contribution in [0.3, 0.4) is 0 Å². The molecule has 2 bridgehead atoms. The maximum Gasteiger partial charge on any atom is 0.253 e. The minimum Gasteiger partial charge on any atom is -0.349 e. The third-order valence-corrected chi connectivity index (χ3v) is 6.97. The normalized spacial score (nSPS) is 27.0. The second-order valence-corrected chi connectivity index (χ2v) is 9.36. The summed E-state index contributed by atoms with van der Waals surface area (Å²) in [6.07, 6.45) is 6.27. The first-order chi connectivity index (χ1) is 11.3. The van der Waals surface area contributed by atoms with Crippen molar-refractivity contribution in [2.45, 2.75) is 38.6 Å². The molecule has 2 aliphatic carbocycles. The summed E-state index contributed by atoms with van der Waals surface area (Å²) in [5.74, 6) is 1.92. The summed E-state index contributed by atoms with van der Waals surface area (Å²) in [7, 11) is -1.94. The van der Waals surface area contributed by atoms with Gasteiger partial charge in [-0.05, 0) is 56.1 Å². The highest BCUT2D eigenvalue weighted by molar-refractivity contribution is 7.92. The molecule has 1 aromatic rings. The van der Waals surface area contributed by atoms with Crippen LogP contribution in [0.25, 0.3) is 0 Å². The van der Waals surface area contributed by atoms with E-state index >= 15 is 0 Å². The lowest BCUT2D eigenvalue weighted by Gasteiger charge is -2.29. The van der Waals surface area contributed by atoms with E-state index in [0.29, 0.717) is 17.2 Å². The van der Waals surface area contributed by atoms with Gasteiger partial charge in [0.2, 0.25) is 10.0 Å². The van der Waals surface area contributed by atoms with E-state index in [1.165, 1.54) is 32.7 Å². The number of nitrogens with zero attached hydrogens (tertiary/aromatic N) is 1.